The largest absolute Gasteiger partial charge is 0.495 e. The van der Waals surface area contributed by atoms with E-state index in [2.05, 4.69) is 5.32 Å². The average molecular weight is 401 g/mol. The van der Waals surface area contributed by atoms with Crippen molar-refractivity contribution in [3.8, 4) is 5.75 Å². The van der Waals surface area contributed by atoms with Crippen LogP contribution in [-0.2, 0) is 10.5 Å². The summed E-state index contributed by atoms with van der Waals surface area (Å²) in [5.41, 5.74) is 0.876. The quantitative estimate of drug-likeness (QED) is 0.533. The van der Waals surface area contributed by atoms with Crippen LogP contribution in [0.5, 0.6) is 5.75 Å². The van der Waals surface area contributed by atoms with Crippen LogP contribution in [0.15, 0.2) is 36.4 Å². The number of halogens is 2. The number of thioether (sulfide) groups is 1. The summed E-state index contributed by atoms with van der Waals surface area (Å²) in [4.78, 5) is 22.4. The Morgan fingerprint density at radius 3 is 2.56 bits per heavy atom. The number of carbonyl (C=O) groups excluding carboxylic acids is 1. The molecule has 0 atom stereocenters. The van der Waals surface area contributed by atoms with Gasteiger partial charge in [0, 0.05) is 27.9 Å². The standard InChI is InChI=1S/C16H14Cl2N2O4S/c1-24-15-6-5-10(20(22)23)7-14(15)19-16(21)9-25-8-11-12(17)3-2-4-13(11)18/h2-7H,8-9H2,1H3,(H,19,21). The second kappa shape index (κ2) is 8.94. The zero-order chi connectivity index (χ0) is 18.4. The molecule has 0 radical (unpaired) electrons. The molecule has 0 saturated carbocycles. The molecule has 2 aromatic rings. The highest BCUT2D eigenvalue weighted by Gasteiger charge is 2.14. The minimum atomic E-state index is -0.538. The summed E-state index contributed by atoms with van der Waals surface area (Å²) in [5, 5.41) is 14.6. The van der Waals surface area contributed by atoms with Gasteiger partial charge in [0.2, 0.25) is 5.91 Å². The minimum absolute atomic E-state index is 0.132. The smallest absolute Gasteiger partial charge is 0.271 e. The molecule has 0 aliphatic heterocycles. The Kier molecular flexibility index (Phi) is 6.92. The fourth-order valence-electron chi connectivity index (χ4n) is 2.01. The van der Waals surface area contributed by atoms with Crippen LogP contribution in [0.2, 0.25) is 10.0 Å². The van der Waals surface area contributed by atoms with E-state index in [0.29, 0.717) is 21.5 Å². The monoisotopic (exact) mass is 400 g/mol. The van der Waals surface area contributed by atoms with Gasteiger partial charge in [-0.25, -0.2) is 0 Å². The van der Waals surface area contributed by atoms with Gasteiger partial charge >= 0.3 is 0 Å². The van der Waals surface area contributed by atoms with E-state index in [9.17, 15) is 14.9 Å². The first-order chi connectivity index (χ1) is 11.9. The van der Waals surface area contributed by atoms with E-state index >= 15 is 0 Å². The predicted molar refractivity (Wildman–Crippen MR) is 101 cm³/mol. The van der Waals surface area contributed by atoms with Crippen molar-refractivity contribution in [1.82, 2.24) is 0 Å². The van der Waals surface area contributed by atoms with Gasteiger partial charge in [-0.1, -0.05) is 29.3 Å². The Morgan fingerprint density at radius 2 is 1.96 bits per heavy atom. The Labute approximate surface area is 158 Å². The molecule has 2 rings (SSSR count). The fourth-order valence-corrected chi connectivity index (χ4v) is 3.57. The number of anilines is 1. The number of benzene rings is 2. The molecule has 1 amide bonds. The summed E-state index contributed by atoms with van der Waals surface area (Å²) in [7, 11) is 1.42. The maximum atomic E-state index is 12.1. The third kappa shape index (κ3) is 5.26. The van der Waals surface area contributed by atoms with Gasteiger partial charge in [0.25, 0.3) is 5.69 Å². The van der Waals surface area contributed by atoms with Crippen LogP contribution in [0, 0.1) is 10.1 Å². The summed E-state index contributed by atoms with van der Waals surface area (Å²) < 4.78 is 5.11. The van der Waals surface area contributed by atoms with Gasteiger partial charge in [0.05, 0.1) is 23.5 Å². The summed E-state index contributed by atoms with van der Waals surface area (Å²) in [6.07, 6.45) is 0. The Morgan fingerprint density at radius 1 is 1.28 bits per heavy atom. The highest BCUT2D eigenvalue weighted by molar-refractivity contribution is 7.99. The number of hydrogen-bond acceptors (Lipinski definition) is 5. The number of nitrogens with zero attached hydrogens (tertiary/aromatic N) is 1. The molecular formula is C16H14Cl2N2O4S. The molecule has 6 nitrogen and oxygen atoms in total. The van der Waals surface area contributed by atoms with Crippen molar-refractivity contribution in [3.05, 3.63) is 62.1 Å². The molecule has 2 aromatic carbocycles. The molecule has 0 fully saturated rings. The van der Waals surface area contributed by atoms with Crippen molar-refractivity contribution in [2.45, 2.75) is 5.75 Å². The molecule has 0 bridgehead atoms. The maximum Gasteiger partial charge on any atom is 0.271 e. The van der Waals surface area contributed by atoms with E-state index in [4.69, 9.17) is 27.9 Å². The number of carbonyl (C=O) groups is 1. The first-order valence-corrected chi connectivity index (χ1v) is 8.96. The highest BCUT2D eigenvalue weighted by atomic mass is 35.5. The molecule has 0 heterocycles. The molecule has 25 heavy (non-hydrogen) atoms. The first kappa shape index (κ1) is 19.4. The van der Waals surface area contributed by atoms with Crippen molar-refractivity contribution < 1.29 is 14.5 Å². The van der Waals surface area contributed by atoms with Crippen LogP contribution in [0.25, 0.3) is 0 Å². The third-order valence-corrected chi connectivity index (χ3v) is 4.88. The zero-order valence-corrected chi connectivity index (χ0v) is 15.5. The molecule has 0 aromatic heterocycles. The lowest BCUT2D eigenvalue weighted by molar-refractivity contribution is -0.384. The van der Waals surface area contributed by atoms with E-state index in [-0.39, 0.29) is 23.0 Å². The number of nitro groups is 1. The molecule has 0 saturated heterocycles. The van der Waals surface area contributed by atoms with Crippen molar-refractivity contribution in [2.75, 3.05) is 18.2 Å². The molecule has 0 spiro atoms. The number of amides is 1. The molecule has 0 aliphatic rings. The van der Waals surface area contributed by atoms with E-state index in [1.54, 1.807) is 18.2 Å². The van der Waals surface area contributed by atoms with Gasteiger partial charge in [0.1, 0.15) is 5.75 Å². The second-order valence-electron chi connectivity index (χ2n) is 4.88. The van der Waals surface area contributed by atoms with E-state index in [0.717, 1.165) is 5.56 Å². The molecule has 0 unspecified atom stereocenters. The van der Waals surface area contributed by atoms with Crippen molar-refractivity contribution in [1.29, 1.82) is 0 Å². The summed E-state index contributed by atoms with van der Waals surface area (Å²) in [6.45, 7) is 0. The third-order valence-electron chi connectivity index (χ3n) is 3.21. The van der Waals surface area contributed by atoms with Gasteiger partial charge in [0.15, 0.2) is 0 Å². The van der Waals surface area contributed by atoms with E-state index in [1.165, 1.54) is 37.1 Å². The number of nitro benzene ring substituents is 1. The van der Waals surface area contributed by atoms with Crippen molar-refractivity contribution in [3.63, 3.8) is 0 Å². The second-order valence-corrected chi connectivity index (χ2v) is 6.68. The molecular weight excluding hydrogens is 387 g/mol. The van der Waals surface area contributed by atoms with Crippen molar-refractivity contribution in [2.24, 2.45) is 0 Å². The lowest BCUT2D eigenvalue weighted by Gasteiger charge is -2.10. The fraction of sp³-hybridized carbons (Fsp3) is 0.188. The van der Waals surface area contributed by atoms with Crippen LogP contribution >= 0.6 is 35.0 Å². The molecule has 132 valence electrons. The number of rotatable bonds is 7. The van der Waals surface area contributed by atoms with Crippen LogP contribution in [-0.4, -0.2) is 23.7 Å². The topological polar surface area (TPSA) is 81.5 Å². The van der Waals surface area contributed by atoms with Crippen LogP contribution in [0.4, 0.5) is 11.4 Å². The van der Waals surface area contributed by atoms with Crippen LogP contribution < -0.4 is 10.1 Å². The lowest BCUT2D eigenvalue weighted by Crippen LogP contribution is -2.15. The van der Waals surface area contributed by atoms with Crippen LogP contribution in [0.3, 0.4) is 0 Å². The van der Waals surface area contributed by atoms with Gasteiger partial charge in [-0.15, -0.1) is 11.8 Å². The number of hydrogen-bond donors (Lipinski definition) is 1. The van der Waals surface area contributed by atoms with Gasteiger partial charge < -0.3 is 10.1 Å². The average Bonchev–Trinajstić information content (AvgIpc) is 2.57. The first-order valence-electron chi connectivity index (χ1n) is 7.05. The summed E-state index contributed by atoms with van der Waals surface area (Å²) in [6, 6.07) is 9.22. The molecule has 9 heteroatoms. The summed E-state index contributed by atoms with van der Waals surface area (Å²) in [5.74, 6) is 0.635. The molecule has 1 N–H and O–H groups in total. The SMILES string of the molecule is COc1ccc([N+](=O)[O-])cc1NC(=O)CSCc1c(Cl)cccc1Cl. The van der Waals surface area contributed by atoms with Gasteiger partial charge in [-0.3, -0.25) is 14.9 Å². The predicted octanol–water partition coefficient (Wildman–Crippen LogP) is 4.78. The number of ether oxygens (including phenoxy) is 1. The normalized spacial score (nSPS) is 10.4. The van der Waals surface area contributed by atoms with Gasteiger partial charge in [-0.2, -0.15) is 0 Å². The summed E-state index contributed by atoms with van der Waals surface area (Å²) >= 11 is 13.5. The minimum Gasteiger partial charge on any atom is -0.495 e. The Hall–Kier alpha value is -1.96. The Bertz CT molecular complexity index is 781. The number of methoxy groups -OCH3 is 1. The van der Waals surface area contributed by atoms with Crippen molar-refractivity contribution >= 4 is 52.2 Å². The lowest BCUT2D eigenvalue weighted by atomic mass is 10.2. The Balaban J connectivity index is 1.98. The highest BCUT2D eigenvalue weighted by Crippen LogP contribution is 2.30. The van der Waals surface area contributed by atoms with E-state index < -0.39 is 4.92 Å². The molecule has 0 aliphatic carbocycles. The number of non-ortho nitro benzene ring substituents is 1. The van der Waals surface area contributed by atoms with Crippen LogP contribution in [0.1, 0.15) is 5.56 Å². The maximum absolute atomic E-state index is 12.1. The zero-order valence-electron chi connectivity index (χ0n) is 13.1. The number of nitrogens with one attached hydrogen (secondary N) is 1. The van der Waals surface area contributed by atoms with E-state index in [1.807, 2.05) is 0 Å². The van der Waals surface area contributed by atoms with Gasteiger partial charge in [-0.05, 0) is 23.8 Å².